The molecule has 2 atom stereocenters. The summed E-state index contributed by atoms with van der Waals surface area (Å²) in [6, 6.07) is 12.8. The predicted molar refractivity (Wildman–Crippen MR) is 126 cm³/mol. The van der Waals surface area contributed by atoms with Gasteiger partial charge in [-0.2, -0.15) is 0 Å². The first-order chi connectivity index (χ1) is 16.6. The maximum atomic E-state index is 12.9. The van der Waals surface area contributed by atoms with Crippen molar-refractivity contribution in [3.8, 4) is 17.2 Å². The summed E-state index contributed by atoms with van der Waals surface area (Å²) in [6.07, 6.45) is 3.28. The van der Waals surface area contributed by atoms with Gasteiger partial charge in [-0.3, -0.25) is 9.59 Å². The summed E-state index contributed by atoms with van der Waals surface area (Å²) in [5.74, 6) is 1.99. The number of carbonyl (C=O) groups excluding carboxylic acids is 2. The van der Waals surface area contributed by atoms with Gasteiger partial charge in [0.2, 0.25) is 5.91 Å². The molecule has 2 aliphatic heterocycles. The Hall–Kier alpha value is -3.10. The highest BCUT2D eigenvalue weighted by Gasteiger charge is 2.27. The largest absolute Gasteiger partial charge is 0.493 e. The molecule has 2 fully saturated rings. The van der Waals surface area contributed by atoms with Crippen LogP contribution in [0.1, 0.15) is 41.6 Å². The lowest BCUT2D eigenvalue weighted by molar-refractivity contribution is -0.123. The molecule has 8 heteroatoms. The van der Waals surface area contributed by atoms with Crippen molar-refractivity contribution in [3.63, 3.8) is 0 Å². The predicted octanol–water partition coefficient (Wildman–Crippen LogP) is 2.76. The van der Waals surface area contributed by atoms with Crippen molar-refractivity contribution in [2.24, 2.45) is 5.92 Å². The Bertz CT molecular complexity index is 1040. The van der Waals surface area contributed by atoms with Crippen LogP contribution >= 0.6 is 0 Å². The van der Waals surface area contributed by atoms with Crippen LogP contribution in [0.2, 0.25) is 0 Å². The Labute approximate surface area is 199 Å². The molecule has 1 saturated heterocycles. The van der Waals surface area contributed by atoms with Crippen LogP contribution in [-0.4, -0.2) is 50.2 Å². The van der Waals surface area contributed by atoms with Gasteiger partial charge in [0.05, 0.1) is 25.4 Å². The monoisotopic (exact) mass is 465 g/mol. The van der Waals surface area contributed by atoms with E-state index in [1.165, 1.54) is 12.8 Å². The molecule has 0 spiro atoms. The van der Waals surface area contributed by atoms with E-state index in [2.05, 4.69) is 16.0 Å². The number of hydrogen-bond acceptors (Lipinski definition) is 6. The molecular weight excluding hydrogens is 434 g/mol. The molecule has 2 amide bonds. The van der Waals surface area contributed by atoms with Gasteiger partial charge < -0.3 is 30.2 Å². The second kappa shape index (κ2) is 10.4. The van der Waals surface area contributed by atoms with E-state index in [-0.39, 0.29) is 36.9 Å². The number of ether oxygens (including phenoxy) is 3. The summed E-state index contributed by atoms with van der Waals surface area (Å²) < 4.78 is 18.3. The second-order valence-corrected chi connectivity index (χ2v) is 9.22. The molecule has 5 rings (SSSR count). The van der Waals surface area contributed by atoms with Gasteiger partial charge in [-0.05, 0) is 61.6 Å². The van der Waals surface area contributed by atoms with E-state index in [4.69, 9.17) is 14.2 Å². The van der Waals surface area contributed by atoms with Gasteiger partial charge in [-0.15, -0.1) is 0 Å². The highest BCUT2D eigenvalue weighted by molar-refractivity contribution is 5.95. The topological polar surface area (TPSA) is 97.9 Å². The van der Waals surface area contributed by atoms with Crippen molar-refractivity contribution in [1.82, 2.24) is 16.0 Å². The highest BCUT2D eigenvalue weighted by Crippen LogP contribution is 2.32. The number of carbonyl (C=O) groups is 2. The van der Waals surface area contributed by atoms with Gasteiger partial charge in [-0.1, -0.05) is 12.1 Å². The molecule has 2 aromatic carbocycles. The van der Waals surface area contributed by atoms with Gasteiger partial charge in [-0.25, -0.2) is 0 Å². The quantitative estimate of drug-likeness (QED) is 0.645. The van der Waals surface area contributed by atoms with Crippen LogP contribution in [0.5, 0.6) is 17.2 Å². The van der Waals surface area contributed by atoms with Gasteiger partial charge in [0, 0.05) is 31.1 Å². The van der Waals surface area contributed by atoms with E-state index in [0.717, 1.165) is 18.5 Å². The molecule has 4 bridgehead atoms. The number of fused-ring (bicyclic) bond motifs is 5. The van der Waals surface area contributed by atoms with E-state index in [0.29, 0.717) is 48.5 Å². The maximum absolute atomic E-state index is 12.9. The van der Waals surface area contributed by atoms with Crippen molar-refractivity contribution >= 4 is 11.8 Å². The van der Waals surface area contributed by atoms with Crippen molar-refractivity contribution in [2.75, 3.05) is 26.2 Å². The molecule has 2 heterocycles. The summed E-state index contributed by atoms with van der Waals surface area (Å²) in [4.78, 5) is 25.4. The van der Waals surface area contributed by atoms with Gasteiger partial charge >= 0.3 is 0 Å². The average molecular weight is 466 g/mol. The smallest absolute Gasteiger partial charge is 0.251 e. The third-order valence-corrected chi connectivity index (χ3v) is 6.33. The maximum Gasteiger partial charge on any atom is 0.251 e. The first kappa shape index (κ1) is 22.7. The fourth-order valence-electron chi connectivity index (χ4n) is 4.23. The summed E-state index contributed by atoms with van der Waals surface area (Å²) in [5.41, 5.74) is 1.41. The van der Waals surface area contributed by atoms with Crippen LogP contribution in [0, 0.1) is 5.92 Å². The standard InChI is InChI=1S/C26H31N3O5/c30-25-7-9-28-26(31)19-11-21(32-15-17-4-5-17)13-22(12-19)34-20-3-1-2-18(10-20)16-33-24-6-8-27-14-23(24)29-25/h1-3,10-13,17,23-24,27H,4-9,14-16H2,(H,28,31)(H,29,30)/t23-,24+/m0/s1. The van der Waals surface area contributed by atoms with Crippen molar-refractivity contribution < 1.29 is 23.8 Å². The third kappa shape index (κ3) is 6.07. The molecule has 2 aromatic rings. The first-order valence-electron chi connectivity index (χ1n) is 12.1. The van der Waals surface area contributed by atoms with Crippen molar-refractivity contribution in [2.45, 2.75) is 44.4 Å². The van der Waals surface area contributed by atoms with Crippen molar-refractivity contribution in [3.05, 3.63) is 53.6 Å². The zero-order valence-corrected chi connectivity index (χ0v) is 19.2. The molecule has 0 radical (unpaired) electrons. The van der Waals surface area contributed by atoms with Crippen LogP contribution in [0.4, 0.5) is 0 Å². The molecule has 3 N–H and O–H groups in total. The Morgan fingerprint density at radius 1 is 1.00 bits per heavy atom. The molecule has 180 valence electrons. The minimum Gasteiger partial charge on any atom is -0.493 e. The zero-order valence-electron chi connectivity index (χ0n) is 19.2. The van der Waals surface area contributed by atoms with Crippen molar-refractivity contribution in [1.29, 1.82) is 0 Å². The number of benzene rings is 2. The molecule has 0 unspecified atom stereocenters. The van der Waals surface area contributed by atoms with Crippen LogP contribution in [0.25, 0.3) is 0 Å². The van der Waals surface area contributed by atoms with Crippen LogP contribution in [0.3, 0.4) is 0 Å². The van der Waals surface area contributed by atoms with Crippen LogP contribution < -0.4 is 25.4 Å². The zero-order chi connectivity index (χ0) is 23.3. The SMILES string of the molecule is O=C1CCNC(=O)c2cc(OCC3CC3)cc(c2)Oc2cccc(c2)CO[C@@H]2CCNC[C@@H]2N1. The molecule has 3 aliphatic rings. The Morgan fingerprint density at radius 3 is 2.79 bits per heavy atom. The second-order valence-electron chi connectivity index (χ2n) is 9.22. The van der Waals surface area contributed by atoms with E-state index in [9.17, 15) is 9.59 Å². The van der Waals surface area contributed by atoms with Gasteiger partial charge in [0.15, 0.2) is 0 Å². The number of rotatable bonds is 3. The van der Waals surface area contributed by atoms with E-state index in [1.54, 1.807) is 12.1 Å². The number of amides is 2. The summed E-state index contributed by atoms with van der Waals surface area (Å²) >= 11 is 0. The number of piperidine rings is 1. The minimum absolute atomic E-state index is 0.0822. The van der Waals surface area contributed by atoms with Crippen LogP contribution in [0.15, 0.2) is 42.5 Å². The lowest BCUT2D eigenvalue weighted by atomic mass is 10.0. The molecule has 1 saturated carbocycles. The van der Waals surface area contributed by atoms with E-state index >= 15 is 0 Å². The summed E-state index contributed by atoms with van der Waals surface area (Å²) in [6.45, 7) is 2.79. The first-order valence-corrected chi connectivity index (χ1v) is 12.1. The normalized spacial score (nSPS) is 23.5. The average Bonchev–Trinajstić information content (AvgIpc) is 3.66. The number of hydrogen-bond donors (Lipinski definition) is 3. The Kier molecular flexibility index (Phi) is 6.97. The fourth-order valence-corrected chi connectivity index (χ4v) is 4.23. The van der Waals surface area contributed by atoms with Gasteiger partial charge in [0.25, 0.3) is 5.91 Å². The Balaban J connectivity index is 1.40. The molecule has 34 heavy (non-hydrogen) atoms. The molecular formula is C26H31N3O5. The summed E-state index contributed by atoms with van der Waals surface area (Å²) in [5, 5.41) is 9.21. The molecule has 8 nitrogen and oxygen atoms in total. The lowest BCUT2D eigenvalue weighted by Crippen LogP contribution is -2.54. The fraction of sp³-hybridized carbons (Fsp3) is 0.462. The summed E-state index contributed by atoms with van der Waals surface area (Å²) in [7, 11) is 0. The van der Waals surface area contributed by atoms with Gasteiger partial charge in [0.1, 0.15) is 17.2 Å². The Morgan fingerprint density at radius 2 is 1.91 bits per heavy atom. The minimum atomic E-state index is -0.270. The van der Waals surface area contributed by atoms with Crippen LogP contribution in [-0.2, 0) is 16.1 Å². The molecule has 0 aromatic heterocycles. The lowest BCUT2D eigenvalue weighted by Gasteiger charge is -2.32. The highest BCUT2D eigenvalue weighted by atomic mass is 16.5. The van der Waals surface area contributed by atoms with E-state index in [1.807, 2.05) is 30.3 Å². The number of nitrogens with one attached hydrogen (secondary N) is 3. The van der Waals surface area contributed by atoms with E-state index < -0.39 is 0 Å². The molecule has 1 aliphatic carbocycles. The third-order valence-electron chi connectivity index (χ3n) is 6.33.